The van der Waals surface area contributed by atoms with Crippen molar-refractivity contribution >= 4 is 17.5 Å². The zero-order valence-electron chi connectivity index (χ0n) is 14.5. The van der Waals surface area contributed by atoms with Gasteiger partial charge in [-0.15, -0.1) is 0 Å². The van der Waals surface area contributed by atoms with Gasteiger partial charge < -0.3 is 5.32 Å². The van der Waals surface area contributed by atoms with E-state index in [1.54, 1.807) is 24.1 Å². The van der Waals surface area contributed by atoms with Crippen molar-refractivity contribution in [2.45, 2.75) is 25.7 Å². The van der Waals surface area contributed by atoms with Crippen molar-refractivity contribution in [3.8, 4) is 0 Å². The monoisotopic (exact) mass is 384 g/mol. The molecule has 7 heteroatoms. The summed E-state index contributed by atoms with van der Waals surface area (Å²) in [6.45, 7) is 2.36. The minimum Gasteiger partial charge on any atom is -0.348 e. The molecule has 0 bridgehead atoms. The number of hydrogen-bond donors (Lipinski definition) is 1. The van der Waals surface area contributed by atoms with Gasteiger partial charge in [-0.2, -0.15) is 13.2 Å². The van der Waals surface area contributed by atoms with E-state index in [9.17, 15) is 18.0 Å². The molecule has 2 aromatic rings. The first-order valence-electron chi connectivity index (χ1n) is 8.04. The average molecular weight is 385 g/mol. The Balaban J connectivity index is 1.87. The third-order valence-electron chi connectivity index (χ3n) is 3.87. The molecule has 140 valence electrons. The van der Waals surface area contributed by atoms with E-state index < -0.39 is 11.7 Å². The van der Waals surface area contributed by atoms with Gasteiger partial charge in [0.05, 0.1) is 18.2 Å². The highest BCUT2D eigenvalue weighted by atomic mass is 35.5. The predicted molar refractivity (Wildman–Crippen MR) is 95.8 cm³/mol. The molecule has 2 aromatic carbocycles. The summed E-state index contributed by atoms with van der Waals surface area (Å²) in [7, 11) is 1.74. The lowest BCUT2D eigenvalue weighted by Crippen LogP contribution is -2.36. The van der Waals surface area contributed by atoms with Gasteiger partial charge in [-0.05, 0) is 49.4 Å². The minimum absolute atomic E-state index is 0.131. The Morgan fingerprint density at radius 2 is 1.85 bits per heavy atom. The molecule has 1 N–H and O–H groups in total. The standard InChI is InChI=1S/C19H20ClF3N2O/c1-13(15-4-3-5-17(20)10-15)24-18(26)12-25(2)11-14-6-8-16(9-7-14)19(21,22)23/h3-10,13H,11-12H2,1-2H3,(H,24,26)/t13-/m1/s1. The van der Waals surface area contributed by atoms with Crippen molar-refractivity contribution in [3.05, 3.63) is 70.2 Å². The van der Waals surface area contributed by atoms with Gasteiger partial charge in [0.25, 0.3) is 0 Å². The first-order valence-corrected chi connectivity index (χ1v) is 8.42. The number of likely N-dealkylation sites (N-methyl/N-ethyl adjacent to an activating group) is 1. The van der Waals surface area contributed by atoms with E-state index in [0.717, 1.165) is 17.7 Å². The normalized spacial score (nSPS) is 12.9. The molecule has 0 saturated carbocycles. The van der Waals surface area contributed by atoms with Crippen LogP contribution in [0.2, 0.25) is 5.02 Å². The third kappa shape index (κ3) is 6.04. The second kappa shape index (κ2) is 8.56. The number of halogens is 4. The van der Waals surface area contributed by atoms with Crippen LogP contribution in [0.15, 0.2) is 48.5 Å². The van der Waals surface area contributed by atoms with Crippen LogP contribution < -0.4 is 5.32 Å². The maximum Gasteiger partial charge on any atom is 0.416 e. The van der Waals surface area contributed by atoms with Crippen molar-refractivity contribution in [2.75, 3.05) is 13.6 Å². The lowest BCUT2D eigenvalue weighted by Gasteiger charge is -2.19. The number of rotatable bonds is 6. The summed E-state index contributed by atoms with van der Waals surface area (Å²) in [5.74, 6) is -0.174. The molecular formula is C19H20ClF3N2O. The topological polar surface area (TPSA) is 32.3 Å². The van der Waals surface area contributed by atoms with Crippen molar-refractivity contribution in [1.29, 1.82) is 0 Å². The van der Waals surface area contributed by atoms with E-state index in [1.165, 1.54) is 12.1 Å². The Hall–Kier alpha value is -2.05. The van der Waals surface area contributed by atoms with Crippen LogP contribution in [0.3, 0.4) is 0 Å². The van der Waals surface area contributed by atoms with E-state index >= 15 is 0 Å². The number of benzene rings is 2. The Kier molecular flexibility index (Phi) is 6.67. The Bertz CT molecular complexity index is 747. The number of alkyl halides is 3. The van der Waals surface area contributed by atoms with Crippen LogP contribution >= 0.6 is 11.6 Å². The highest BCUT2D eigenvalue weighted by Crippen LogP contribution is 2.29. The van der Waals surface area contributed by atoms with Gasteiger partial charge >= 0.3 is 6.18 Å². The molecule has 0 heterocycles. The number of amides is 1. The third-order valence-corrected chi connectivity index (χ3v) is 4.11. The fourth-order valence-corrected chi connectivity index (χ4v) is 2.76. The van der Waals surface area contributed by atoms with E-state index in [1.807, 2.05) is 19.1 Å². The lowest BCUT2D eigenvalue weighted by atomic mass is 10.1. The smallest absolute Gasteiger partial charge is 0.348 e. The molecule has 0 aliphatic carbocycles. The molecule has 0 unspecified atom stereocenters. The van der Waals surface area contributed by atoms with Crippen molar-refractivity contribution in [2.24, 2.45) is 0 Å². The molecule has 0 aliphatic heterocycles. The molecular weight excluding hydrogens is 365 g/mol. The van der Waals surface area contributed by atoms with Gasteiger partial charge in [-0.1, -0.05) is 35.9 Å². The summed E-state index contributed by atoms with van der Waals surface area (Å²) in [5.41, 5.74) is 0.921. The Labute approximate surface area is 155 Å². The predicted octanol–water partition coefficient (Wildman–Crippen LogP) is 4.67. The van der Waals surface area contributed by atoms with Crippen LogP contribution in [0.1, 0.15) is 29.7 Å². The molecule has 0 aromatic heterocycles. The van der Waals surface area contributed by atoms with Crippen molar-refractivity contribution < 1.29 is 18.0 Å². The summed E-state index contributed by atoms with van der Waals surface area (Å²) < 4.78 is 37.7. The Morgan fingerprint density at radius 1 is 1.19 bits per heavy atom. The van der Waals surface area contributed by atoms with Crippen LogP contribution in [0.25, 0.3) is 0 Å². The molecule has 0 saturated heterocycles. The second-order valence-corrected chi connectivity index (χ2v) is 6.65. The van der Waals surface area contributed by atoms with Gasteiger partial charge in [0, 0.05) is 11.6 Å². The molecule has 0 fully saturated rings. The number of carbonyl (C=O) groups excluding carboxylic acids is 1. The van der Waals surface area contributed by atoms with Crippen molar-refractivity contribution in [1.82, 2.24) is 10.2 Å². The fraction of sp³-hybridized carbons (Fsp3) is 0.316. The summed E-state index contributed by atoms with van der Waals surface area (Å²) in [6, 6.07) is 12.0. The highest BCUT2D eigenvalue weighted by Gasteiger charge is 2.29. The molecule has 2 rings (SSSR count). The zero-order chi connectivity index (χ0) is 19.3. The Morgan fingerprint density at radius 3 is 2.42 bits per heavy atom. The molecule has 1 amide bonds. The second-order valence-electron chi connectivity index (χ2n) is 6.21. The highest BCUT2D eigenvalue weighted by molar-refractivity contribution is 6.30. The number of hydrogen-bond acceptors (Lipinski definition) is 2. The quantitative estimate of drug-likeness (QED) is 0.785. The van der Waals surface area contributed by atoms with E-state index in [4.69, 9.17) is 11.6 Å². The lowest BCUT2D eigenvalue weighted by molar-refractivity contribution is -0.137. The van der Waals surface area contributed by atoms with Crippen LogP contribution in [0.5, 0.6) is 0 Å². The van der Waals surface area contributed by atoms with E-state index in [0.29, 0.717) is 17.1 Å². The van der Waals surface area contributed by atoms with Gasteiger partial charge in [-0.25, -0.2) is 0 Å². The number of nitrogens with one attached hydrogen (secondary N) is 1. The van der Waals surface area contributed by atoms with Crippen LogP contribution in [0, 0.1) is 0 Å². The minimum atomic E-state index is -4.35. The maximum absolute atomic E-state index is 12.6. The molecule has 1 atom stereocenters. The van der Waals surface area contributed by atoms with E-state index in [-0.39, 0.29) is 18.5 Å². The molecule has 26 heavy (non-hydrogen) atoms. The fourth-order valence-electron chi connectivity index (χ4n) is 2.56. The number of carbonyl (C=O) groups is 1. The van der Waals surface area contributed by atoms with Gasteiger partial charge in [-0.3, -0.25) is 9.69 Å². The summed E-state index contributed by atoms with van der Waals surface area (Å²) >= 11 is 5.95. The van der Waals surface area contributed by atoms with Crippen molar-refractivity contribution in [3.63, 3.8) is 0 Å². The molecule has 3 nitrogen and oxygen atoms in total. The van der Waals surface area contributed by atoms with Crippen LogP contribution in [-0.4, -0.2) is 24.4 Å². The molecule has 0 spiro atoms. The van der Waals surface area contributed by atoms with Gasteiger partial charge in [0.1, 0.15) is 0 Å². The zero-order valence-corrected chi connectivity index (χ0v) is 15.2. The van der Waals surface area contributed by atoms with E-state index in [2.05, 4.69) is 5.32 Å². The molecule has 0 aliphatic rings. The average Bonchev–Trinajstić information content (AvgIpc) is 2.54. The summed E-state index contributed by atoms with van der Waals surface area (Å²) in [6.07, 6.45) is -4.35. The van der Waals surface area contributed by atoms with Crippen LogP contribution in [0.4, 0.5) is 13.2 Å². The largest absolute Gasteiger partial charge is 0.416 e. The first-order chi connectivity index (χ1) is 12.1. The first kappa shape index (κ1) is 20.3. The van der Waals surface area contributed by atoms with Gasteiger partial charge in [0.2, 0.25) is 5.91 Å². The summed E-state index contributed by atoms with van der Waals surface area (Å²) in [5, 5.41) is 3.48. The number of nitrogens with zero attached hydrogens (tertiary/aromatic N) is 1. The summed E-state index contributed by atoms with van der Waals surface area (Å²) in [4.78, 5) is 13.9. The molecule has 0 radical (unpaired) electrons. The SMILES string of the molecule is C[C@@H](NC(=O)CN(C)Cc1ccc(C(F)(F)F)cc1)c1cccc(Cl)c1. The maximum atomic E-state index is 12.6. The van der Waals surface area contributed by atoms with Gasteiger partial charge in [0.15, 0.2) is 0 Å². The van der Waals surface area contributed by atoms with Crippen LogP contribution in [-0.2, 0) is 17.5 Å².